The zero-order valence-electron chi connectivity index (χ0n) is 16.3. The second-order valence-electron chi connectivity index (χ2n) is 6.46. The maximum absolute atomic E-state index is 12.6. The SMILES string of the molecule is COc1ccc(N=C2SC(=Cc3ccc(-c4ccc(C#N)cc4)o3)C(=O)N2C)cc1. The molecule has 3 aromatic rings. The first-order valence-electron chi connectivity index (χ1n) is 9.08. The van der Waals surface area contributed by atoms with Gasteiger partial charge in [-0.25, -0.2) is 4.99 Å². The number of amidine groups is 1. The van der Waals surface area contributed by atoms with E-state index in [2.05, 4.69) is 11.1 Å². The third kappa shape index (κ3) is 4.00. The molecule has 2 heterocycles. The first-order valence-corrected chi connectivity index (χ1v) is 9.90. The van der Waals surface area contributed by atoms with Gasteiger partial charge in [0.1, 0.15) is 17.3 Å². The minimum atomic E-state index is -0.136. The predicted octanol–water partition coefficient (Wildman–Crippen LogP) is 5.06. The highest BCUT2D eigenvalue weighted by Crippen LogP contribution is 2.34. The molecule has 1 saturated heterocycles. The van der Waals surface area contributed by atoms with E-state index in [1.807, 2.05) is 48.5 Å². The van der Waals surface area contributed by atoms with Gasteiger partial charge in [0.05, 0.1) is 29.3 Å². The molecule has 0 aliphatic carbocycles. The third-order valence-corrected chi connectivity index (χ3v) is 5.56. The maximum Gasteiger partial charge on any atom is 0.266 e. The molecular formula is C23H17N3O3S. The van der Waals surface area contributed by atoms with Crippen molar-refractivity contribution >= 4 is 34.6 Å². The lowest BCUT2D eigenvalue weighted by Gasteiger charge is -2.07. The van der Waals surface area contributed by atoms with Gasteiger partial charge in [-0.1, -0.05) is 0 Å². The Labute approximate surface area is 178 Å². The van der Waals surface area contributed by atoms with Crippen molar-refractivity contribution in [1.29, 1.82) is 5.26 Å². The van der Waals surface area contributed by atoms with Gasteiger partial charge in [-0.2, -0.15) is 5.26 Å². The normalized spacial score (nSPS) is 16.3. The number of rotatable bonds is 4. The van der Waals surface area contributed by atoms with Crippen LogP contribution >= 0.6 is 11.8 Å². The first-order chi connectivity index (χ1) is 14.6. The average Bonchev–Trinajstić information content (AvgIpc) is 3.35. The van der Waals surface area contributed by atoms with Gasteiger partial charge in [0.15, 0.2) is 5.17 Å². The van der Waals surface area contributed by atoms with Gasteiger partial charge in [0, 0.05) is 18.7 Å². The van der Waals surface area contributed by atoms with Crippen LogP contribution in [0.5, 0.6) is 5.75 Å². The van der Waals surface area contributed by atoms with E-state index in [4.69, 9.17) is 14.4 Å². The highest BCUT2D eigenvalue weighted by Gasteiger charge is 2.30. The zero-order valence-corrected chi connectivity index (χ0v) is 17.1. The molecule has 148 valence electrons. The van der Waals surface area contributed by atoms with E-state index in [9.17, 15) is 4.79 Å². The number of methoxy groups -OCH3 is 1. The van der Waals surface area contributed by atoms with Crippen LogP contribution in [-0.4, -0.2) is 30.1 Å². The van der Waals surface area contributed by atoms with Crippen LogP contribution in [-0.2, 0) is 4.79 Å². The monoisotopic (exact) mass is 415 g/mol. The number of thioether (sulfide) groups is 1. The number of benzene rings is 2. The molecule has 2 aromatic carbocycles. The van der Waals surface area contributed by atoms with Crippen LogP contribution < -0.4 is 4.74 Å². The largest absolute Gasteiger partial charge is 0.497 e. The van der Waals surface area contributed by atoms with E-state index in [-0.39, 0.29) is 5.91 Å². The van der Waals surface area contributed by atoms with Crippen molar-refractivity contribution in [1.82, 2.24) is 4.90 Å². The lowest BCUT2D eigenvalue weighted by Crippen LogP contribution is -2.23. The molecule has 0 radical (unpaired) electrons. The highest BCUT2D eigenvalue weighted by atomic mass is 32.2. The maximum atomic E-state index is 12.6. The molecule has 1 fully saturated rings. The Morgan fingerprint density at radius 2 is 1.83 bits per heavy atom. The van der Waals surface area contributed by atoms with Crippen LogP contribution in [0.1, 0.15) is 11.3 Å². The minimum Gasteiger partial charge on any atom is -0.497 e. The van der Waals surface area contributed by atoms with E-state index >= 15 is 0 Å². The second-order valence-corrected chi connectivity index (χ2v) is 7.47. The molecule has 30 heavy (non-hydrogen) atoms. The quantitative estimate of drug-likeness (QED) is 0.557. The molecule has 0 spiro atoms. The lowest BCUT2D eigenvalue weighted by molar-refractivity contribution is -0.121. The summed E-state index contributed by atoms with van der Waals surface area (Å²) in [6.45, 7) is 0. The number of aliphatic imine (C=N–C) groups is 1. The Balaban J connectivity index is 1.55. The Morgan fingerprint density at radius 1 is 1.10 bits per heavy atom. The number of nitrogens with zero attached hydrogens (tertiary/aromatic N) is 3. The van der Waals surface area contributed by atoms with Gasteiger partial charge in [0.2, 0.25) is 0 Å². The van der Waals surface area contributed by atoms with Gasteiger partial charge >= 0.3 is 0 Å². The van der Waals surface area contributed by atoms with Crippen molar-refractivity contribution in [2.24, 2.45) is 4.99 Å². The Hall–Kier alpha value is -3.76. The fourth-order valence-electron chi connectivity index (χ4n) is 2.84. The molecule has 0 atom stereocenters. The molecule has 0 saturated carbocycles. The number of amides is 1. The number of furan rings is 1. The number of hydrogen-bond donors (Lipinski definition) is 0. The topological polar surface area (TPSA) is 78.8 Å². The zero-order chi connectivity index (χ0) is 21.1. The molecule has 1 aliphatic heterocycles. The molecule has 7 heteroatoms. The summed E-state index contributed by atoms with van der Waals surface area (Å²) in [5.41, 5.74) is 2.19. The van der Waals surface area contributed by atoms with Crippen LogP contribution in [0.4, 0.5) is 5.69 Å². The molecule has 6 nitrogen and oxygen atoms in total. The highest BCUT2D eigenvalue weighted by molar-refractivity contribution is 8.18. The number of ether oxygens (including phenoxy) is 1. The summed E-state index contributed by atoms with van der Waals surface area (Å²) in [4.78, 5) is 19.2. The van der Waals surface area contributed by atoms with Crippen LogP contribution in [0.15, 0.2) is 75.0 Å². The third-order valence-electron chi connectivity index (χ3n) is 4.50. The van der Waals surface area contributed by atoms with Crippen molar-refractivity contribution in [3.8, 4) is 23.1 Å². The predicted molar refractivity (Wildman–Crippen MR) is 117 cm³/mol. The summed E-state index contributed by atoms with van der Waals surface area (Å²) in [6, 6.07) is 20.2. The van der Waals surface area contributed by atoms with Crippen LogP contribution in [0.3, 0.4) is 0 Å². The number of likely N-dealkylation sites (N-methyl/N-ethyl adjacent to an activating group) is 1. The summed E-state index contributed by atoms with van der Waals surface area (Å²) in [5.74, 6) is 1.86. The smallest absolute Gasteiger partial charge is 0.266 e. The van der Waals surface area contributed by atoms with Gasteiger partial charge < -0.3 is 9.15 Å². The molecule has 4 rings (SSSR count). The van der Waals surface area contributed by atoms with Gasteiger partial charge in [-0.3, -0.25) is 9.69 Å². The molecular weight excluding hydrogens is 398 g/mol. The molecule has 1 aromatic heterocycles. The summed E-state index contributed by atoms with van der Waals surface area (Å²) < 4.78 is 11.0. The standard InChI is InChI=1S/C23H17N3O3S/c1-26-22(27)21(30-23(26)25-17-7-9-18(28-2)10-8-17)13-19-11-12-20(29-19)16-5-3-15(14-24)4-6-16/h3-13H,1-2H3. The summed E-state index contributed by atoms with van der Waals surface area (Å²) in [6.07, 6.45) is 1.72. The van der Waals surface area contributed by atoms with Gasteiger partial charge in [-0.05, 0) is 72.4 Å². The Kier molecular flexibility index (Phi) is 5.42. The van der Waals surface area contributed by atoms with Crippen LogP contribution in [0.25, 0.3) is 17.4 Å². The van der Waals surface area contributed by atoms with Crippen molar-refractivity contribution in [3.63, 3.8) is 0 Å². The number of hydrogen-bond acceptors (Lipinski definition) is 6. The fraction of sp³-hybridized carbons (Fsp3) is 0.0870. The van der Waals surface area contributed by atoms with Crippen molar-refractivity contribution in [2.75, 3.05) is 14.2 Å². The number of carbonyl (C=O) groups excluding carboxylic acids is 1. The lowest BCUT2D eigenvalue weighted by atomic mass is 10.1. The van der Waals surface area contributed by atoms with Crippen molar-refractivity contribution in [2.45, 2.75) is 0 Å². The summed E-state index contributed by atoms with van der Waals surface area (Å²) in [5, 5.41) is 9.51. The van der Waals surface area contributed by atoms with E-state index in [1.54, 1.807) is 32.4 Å². The molecule has 1 aliphatic rings. The summed E-state index contributed by atoms with van der Waals surface area (Å²) >= 11 is 1.30. The average molecular weight is 415 g/mol. The first kappa shape index (κ1) is 19.6. The second kappa shape index (κ2) is 8.31. The molecule has 1 amide bonds. The van der Waals surface area contributed by atoms with Crippen LogP contribution in [0.2, 0.25) is 0 Å². The van der Waals surface area contributed by atoms with Crippen molar-refractivity contribution in [3.05, 3.63) is 76.9 Å². The van der Waals surface area contributed by atoms with Gasteiger partial charge in [-0.15, -0.1) is 0 Å². The van der Waals surface area contributed by atoms with E-state index < -0.39 is 0 Å². The van der Waals surface area contributed by atoms with E-state index in [0.29, 0.717) is 27.2 Å². The molecule has 0 bridgehead atoms. The van der Waals surface area contributed by atoms with E-state index in [0.717, 1.165) is 17.0 Å². The minimum absolute atomic E-state index is 0.136. The van der Waals surface area contributed by atoms with Gasteiger partial charge in [0.25, 0.3) is 5.91 Å². The van der Waals surface area contributed by atoms with Crippen LogP contribution in [0, 0.1) is 11.3 Å². The Bertz CT molecular complexity index is 1190. The Morgan fingerprint density at radius 3 is 2.50 bits per heavy atom. The number of carbonyl (C=O) groups is 1. The van der Waals surface area contributed by atoms with Crippen molar-refractivity contribution < 1.29 is 13.9 Å². The molecule has 0 unspecified atom stereocenters. The fourth-order valence-corrected chi connectivity index (χ4v) is 3.81. The van der Waals surface area contributed by atoms with E-state index in [1.165, 1.54) is 16.7 Å². The summed E-state index contributed by atoms with van der Waals surface area (Å²) in [7, 11) is 3.31. The number of nitriles is 1. The molecule has 0 N–H and O–H groups in total.